The van der Waals surface area contributed by atoms with Gasteiger partial charge in [-0.3, -0.25) is 10.1 Å². The Morgan fingerprint density at radius 2 is 2.00 bits per heavy atom. The van der Waals surface area contributed by atoms with Crippen LogP contribution in [0.3, 0.4) is 0 Å². The van der Waals surface area contributed by atoms with E-state index in [4.69, 9.17) is 12.2 Å². The summed E-state index contributed by atoms with van der Waals surface area (Å²) in [4.78, 5) is 18.3. The zero-order valence-corrected chi connectivity index (χ0v) is 10.7. The van der Waals surface area contributed by atoms with Gasteiger partial charge in [0, 0.05) is 11.3 Å². The number of nitrogens with zero attached hydrogens (tertiary/aromatic N) is 2. The van der Waals surface area contributed by atoms with Crippen LogP contribution in [0.5, 0.6) is 0 Å². The molecule has 2 N–H and O–H groups in total. The van der Waals surface area contributed by atoms with E-state index in [9.17, 15) is 9.18 Å². The Labute approximate surface area is 111 Å². The van der Waals surface area contributed by atoms with Crippen LogP contribution in [-0.2, 0) is 0 Å². The molecule has 1 aromatic carbocycles. The smallest absolute Gasteiger partial charge is 0.292 e. The summed E-state index contributed by atoms with van der Waals surface area (Å²) >= 11 is 4.91. The number of aryl methyl sites for hydroxylation is 1. The highest BCUT2D eigenvalue weighted by Crippen LogP contribution is 2.26. The average molecular weight is 276 g/mol. The maximum atomic E-state index is 13.0. The second-order valence-corrected chi connectivity index (χ2v) is 4.51. The second kappa shape index (κ2) is 4.13. The molecule has 0 spiro atoms. The van der Waals surface area contributed by atoms with Gasteiger partial charge in [0.2, 0.25) is 4.77 Å². The lowest BCUT2D eigenvalue weighted by atomic mass is 10.1. The Kier molecular flexibility index (Phi) is 2.56. The molecule has 0 aliphatic heterocycles. The number of halogens is 1. The summed E-state index contributed by atoms with van der Waals surface area (Å²) < 4.78 is 14.4. The van der Waals surface area contributed by atoms with Crippen LogP contribution in [0, 0.1) is 17.5 Å². The Balaban J connectivity index is 2.41. The van der Waals surface area contributed by atoms with Crippen LogP contribution in [0.25, 0.3) is 16.8 Å². The van der Waals surface area contributed by atoms with Crippen molar-refractivity contribution in [2.24, 2.45) is 0 Å². The van der Waals surface area contributed by atoms with E-state index in [1.54, 1.807) is 12.1 Å². The third kappa shape index (κ3) is 1.88. The monoisotopic (exact) mass is 276 g/mol. The number of H-pyrrole nitrogens is 2. The van der Waals surface area contributed by atoms with Gasteiger partial charge in [-0.05, 0) is 36.8 Å². The number of nitrogens with one attached hydrogen (secondary N) is 2. The molecule has 5 nitrogen and oxygen atoms in total. The summed E-state index contributed by atoms with van der Waals surface area (Å²) in [5.41, 5.74) is 2.30. The molecule has 19 heavy (non-hydrogen) atoms. The molecule has 0 atom stereocenters. The summed E-state index contributed by atoms with van der Waals surface area (Å²) in [6.45, 7) is 1.82. The summed E-state index contributed by atoms with van der Waals surface area (Å²) in [5.74, 6) is -0.316. The third-order valence-corrected chi connectivity index (χ3v) is 3.04. The average Bonchev–Trinajstić information content (AvgIpc) is 2.67. The van der Waals surface area contributed by atoms with Crippen LogP contribution < -0.4 is 5.69 Å². The molecule has 0 radical (unpaired) electrons. The van der Waals surface area contributed by atoms with Gasteiger partial charge in [0.15, 0.2) is 5.65 Å². The normalized spacial score (nSPS) is 11.1. The molecule has 0 amide bonds. The predicted molar refractivity (Wildman–Crippen MR) is 71.1 cm³/mol. The molecule has 3 rings (SSSR count). The number of hydrogen-bond donors (Lipinski definition) is 2. The van der Waals surface area contributed by atoms with Crippen molar-refractivity contribution in [2.75, 3.05) is 0 Å². The number of benzene rings is 1. The topological polar surface area (TPSA) is 65.9 Å². The fraction of sp³-hybridized carbons (Fsp3) is 0.0833. The third-order valence-electron chi connectivity index (χ3n) is 2.85. The van der Waals surface area contributed by atoms with E-state index in [1.165, 1.54) is 16.6 Å². The van der Waals surface area contributed by atoms with Gasteiger partial charge in [0.25, 0.3) is 0 Å². The van der Waals surface area contributed by atoms with Crippen molar-refractivity contribution in [1.29, 1.82) is 0 Å². The zero-order chi connectivity index (χ0) is 13.6. The first-order valence-corrected chi connectivity index (χ1v) is 5.94. The van der Waals surface area contributed by atoms with Crippen LogP contribution in [-0.4, -0.2) is 19.6 Å². The molecule has 0 unspecified atom stereocenters. The van der Waals surface area contributed by atoms with Crippen molar-refractivity contribution in [1.82, 2.24) is 19.6 Å². The molecule has 0 aliphatic rings. The first-order chi connectivity index (χ1) is 9.06. The molecule has 2 heterocycles. The standard InChI is InChI=1S/C12H9FN4OS/c1-6-9(7-2-4-8(13)5-3-7)10-14-11(19)15-12(18)17(10)16-6/h2-5,16H,1H3,(H,15,18,19). The minimum absolute atomic E-state index is 0.118. The van der Waals surface area contributed by atoms with E-state index in [1.807, 2.05) is 6.92 Å². The van der Waals surface area contributed by atoms with Crippen molar-refractivity contribution in [3.05, 3.63) is 51.0 Å². The van der Waals surface area contributed by atoms with E-state index in [-0.39, 0.29) is 16.3 Å². The van der Waals surface area contributed by atoms with Gasteiger partial charge >= 0.3 is 5.69 Å². The van der Waals surface area contributed by atoms with Crippen molar-refractivity contribution in [3.63, 3.8) is 0 Å². The van der Waals surface area contributed by atoms with E-state index in [0.717, 1.165) is 16.8 Å². The number of hydrogen-bond acceptors (Lipinski definition) is 3. The second-order valence-electron chi connectivity index (χ2n) is 4.12. The van der Waals surface area contributed by atoms with Gasteiger partial charge in [-0.2, -0.15) is 9.50 Å². The summed E-state index contributed by atoms with van der Waals surface area (Å²) in [5, 5.41) is 2.91. The molecule has 0 fully saturated rings. The van der Waals surface area contributed by atoms with Gasteiger partial charge in [-0.1, -0.05) is 12.1 Å². The maximum absolute atomic E-state index is 13.0. The Hall–Kier alpha value is -2.28. The Morgan fingerprint density at radius 1 is 1.32 bits per heavy atom. The molecular formula is C12H9FN4OS. The van der Waals surface area contributed by atoms with Gasteiger partial charge < -0.3 is 0 Å². The summed E-state index contributed by atoms with van der Waals surface area (Å²) in [6.07, 6.45) is 0. The molecule has 0 saturated carbocycles. The molecule has 0 saturated heterocycles. The summed E-state index contributed by atoms with van der Waals surface area (Å²) in [6, 6.07) is 5.99. The highest BCUT2D eigenvalue weighted by molar-refractivity contribution is 7.71. The SMILES string of the molecule is Cc1[nH]n2c(=O)[nH]c(=S)nc2c1-c1ccc(F)cc1. The van der Waals surface area contributed by atoms with Crippen LogP contribution in [0.2, 0.25) is 0 Å². The number of aromatic nitrogens is 4. The van der Waals surface area contributed by atoms with Crippen molar-refractivity contribution < 1.29 is 4.39 Å². The zero-order valence-electron chi connectivity index (χ0n) is 9.90. The highest BCUT2D eigenvalue weighted by Gasteiger charge is 2.13. The molecule has 0 aliphatic carbocycles. The van der Waals surface area contributed by atoms with Crippen molar-refractivity contribution in [3.8, 4) is 11.1 Å². The van der Waals surface area contributed by atoms with E-state index >= 15 is 0 Å². The number of rotatable bonds is 1. The molecular weight excluding hydrogens is 267 g/mol. The lowest BCUT2D eigenvalue weighted by Crippen LogP contribution is -2.18. The fourth-order valence-corrected chi connectivity index (χ4v) is 2.22. The number of fused-ring (bicyclic) bond motifs is 1. The van der Waals surface area contributed by atoms with Crippen molar-refractivity contribution in [2.45, 2.75) is 6.92 Å². The Morgan fingerprint density at radius 3 is 2.68 bits per heavy atom. The minimum Gasteiger partial charge on any atom is -0.292 e. The van der Waals surface area contributed by atoms with Crippen LogP contribution in [0.15, 0.2) is 29.1 Å². The molecule has 0 bridgehead atoms. The highest BCUT2D eigenvalue weighted by atomic mass is 32.1. The fourth-order valence-electron chi connectivity index (χ4n) is 2.04. The van der Waals surface area contributed by atoms with Crippen LogP contribution >= 0.6 is 12.2 Å². The van der Waals surface area contributed by atoms with Gasteiger partial charge in [-0.25, -0.2) is 9.18 Å². The van der Waals surface area contributed by atoms with Crippen LogP contribution in [0.1, 0.15) is 5.69 Å². The summed E-state index contributed by atoms with van der Waals surface area (Å²) in [7, 11) is 0. The Bertz CT molecular complexity index is 875. The lowest BCUT2D eigenvalue weighted by molar-refractivity contribution is 0.628. The molecule has 3 aromatic rings. The molecule has 96 valence electrons. The minimum atomic E-state index is -0.383. The lowest BCUT2D eigenvalue weighted by Gasteiger charge is -2.00. The van der Waals surface area contributed by atoms with E-state index < -0.39 is 0 Å². The number of aromatic amines is 2. The largest absolute Gasteiger partial charge is 0.348 e. The van der Waals surface area contributed by atoms with Gasteiger partial charge in [-0.15, -0.1) is 0 Å². The maximum Gasteiger partial charge on any atom is 0.348 e. The first-order valence-electron chi connectivity index (χ1n) is 5.54. The predicted octanol–water partition coefficient (Wildman–Crippen LogP) is 2.19. The van der Waals surface area contributed by atoms with Gasteiger partial charge in [0.05, 0.1) is 0 Å². The van der Waals surface area contributed by atoms with E-state index in [0.29, 0.717) is 5.65 Å². The van der Waals surface area contributed by atoms with Crippen LogP contribution in [0.4, 0.5) is 4.39 Å². The molecule has 2 aromatic heterocycles. The van der Waals surface area contributed by atoms with E-state index in [2.05, 4.69) is 15.1 Å². The first kappa shape index (κ1) is 11.8. The van der Waals surface area contributed by atoms with Gasteiger partial charge in [0.1, 0.15) is 5.82 Å². The molecule has 7 heteroatoms. The quantitative estimate of drug-likeness (QED) is 0.670. The van der Waals surface area contributed by atoms with Crippen molar-refractivity contribution >= 4 is 17.9 Å².